The van der Waals surface area contributed by atoms with E-state index >= 15 is 0 Å². The molecule has 0 atom stereocenters. The zero-order chi connectivity index (χ0) is 79.7. The van der Waals surface area contributed by atoms with Gasteiger partial charge in [0, 0.05) is 139 Å². The Balaban J connectivity index is 0.000000155. The number of carbonyl (C=O) groups excluding carboxylic acids is 5. The number of ether oxygens (including phenoxy) is 3. The Morgan fingerprint density at radius 2 is 0.866 bits per heavy atom. The minimum absolute atomic E-state index is 0. The minimum atomic E-state index is -1.00. The maximum atomic E-state index is 12.8. The van der Waals surface area contributed by atoms with Crippen molar-refractivity contribution in [3.63, 3.8) is 0 Å². The fraction of sp³-hybridized carbons (Fsp3) is 0.378. The number of H-pyrrole nitrogens is 3. The third kappa shape index (κ3) is 18.6. The van der Waals surface area contributed by atoms with Gasteiger partial charge in [0.25, 0.3) is 11.8 Å². The standard InChI is InChI=1S/C29H32N4O5S.C24H24N4O3S.C21H25N3O3S.C8H11NO3.ClH/c1-15-22(30-16(2)24(15)27(35)36)13-20-19-12-18(6-7-21(19)31-25(20)34)23-14-39-26(32-23)17-8-10-33(11-9-17)28(37)38-29(3,4)5;1-12-19(26-13(2)21(12)24(30)31)10-17-16-9-15(3-4-18(16)27-22(17)29)20-11-32-23(28-20)14-5-7-25-8-6-14;1-21(2,3)27-20(26)24-8-6-13(7-9-24)19-23-17(12-28-19)14-4-5-16-15(10-14)11-18(25)22-16;1-4-6(8(10)11)5(2)9-7(4)12-3;/h6-7,12-14,17,30H,8-11H2,1-5H3,(H,31,34)(H,35,36);3-4,9-11,14,25-26H,5-8H2,1-2H3,(H,27,29)(H,30,31);4-5,10,12-13H,6-9,11H2,1-3H3,(H,22,25);9H,1-3H3,(H,10,11);1H/b20-13-;17-10-;;;. The van der Waals surface area contributed by atoms with Gasteiger partial charge < -0.3 is 75.5 Å². The summed E-state index contributed by atoms with van der Waals surface area (Å²) >= 11 is 4.99. The minimum Gasteiger partial charge on any atom is -0.482 e. The molecule has 15 rings (SSSR count). The first-order valence-corrected chi connectivity index (χ1v) is 39.5. The lowest BCUT2D eigenvalue weighted by Crippen LogP contribution is -2.41. The van der Waals surface area contributed by atoms with Crippen molar-refractivity contribution < 1.29 is 67.9 Å². The number of aromatic amines is 3. The summed E-state index contributed by atoms with van der Waals surface area (Å²) in [5.74, 6) is -1.63. The van der Waals surface area contributed by atoms with Crippen LogP contribution in [-0.2, 0) is 30.3 Å². The van der Waals surface area contributed by atoms with E-state index in [0.717, 1.165) is 123 Å². The van der Waals surface area contributed by atoms with E-state index in [-0.39, 0.29) is 59.4 Å². The number of rotatable bonds is 12. The Morgan fingerprint density at radius 3 is 1.22 bits per heavy atom. The number of hydrogen-bond acceptors (Lipinski definition) is 18. The molecule has 5 amide bonds. The molecular formula is C82H93ClN12O14S3. The lowest BCUT2D eigenvalue weighted by Gasteiger charge is -2.32. The summed E-state index contributed by atoms with van der Waals surface area (Å²) in [6.45, 7) is 26.3. The molecule has 6 aliphatic heterocycles. The summed E-state index contributed by atoms with van der Waals surface area (Å²) in [5.41, 5.74) is 16.2. The number of benzene rings is 3. The summed E-state index contributed by atoms with van der Waals surface area (Å²) in [7, 11) is 1.50. The first-order valence-electron chi connectivity index (χ1n) is 36.8. The molecule has 6 aromatic heterocycles. The lowest BCUT2D eigenvalue weighted by atomic mass is 9.97. The number of nitrogens with zero attached hydrogens (tertiary/aromatic N) is 5. The maximum absolute atomic E-state index is 12.8. The topological polar surface area (TPSA) is 366 Å². The number of thiazole rings is 3. The molecule has 9 aromatic rings. The van der Waals surface area contributed by atoms with E-state index in [1.54, 1.807) is 97.5 Å². The number of fused-ring (bicyclic) bond motifs is 3. The highest BCUT2D eigenvalue weighted by atomic mass is 35.5. The average Bonchev–Trinajstić information content (AvgIpc) is 1.63. The van der Waals surface area contributed by atoms with E-state index in [4.69, 9.17) is 34.3 Å². The van der Waals surface area contributed by atoms with Crippen molar-refractivity contribution in [3.05, 3.63) is 164 Å². The largest absolute Gasteiger partial charge is 0.482 e. The number of piperidine rings is 3. The van der Waals surface area contributed by atoms with E-state index in [9.17, 15) is 48.6 Å². The van der Waals surface area contributed by atoms with Gasteiger partial charge in [0.2, 0.25) is 5.91 Å². The molecule has 3 fully saturated rings. The highest BCUT2D eigenvalue weighted by Crippen LogP contribution is 2.43. The second kappa shape index (κ2) is 34.1. The molecule has 0 unspecified atom stereocenters. The van der Waals surface area contributed by atoms with Gasteiger partial charge >= 0.3 is 30.1 Å². The van der Waals surface area contributed by atoms with E-state index < -0.39 is 29.1 Å². The van der Waals surface area contributed by atoms with Gasteiger partial charge in [0.05, 0.1) is 73.5 Å². The van der Waals surface area contributed by atoms with E-state index in [2.05, 4.69) is 53.0 Å². The van der Waals surface area contributed by atoms with Crippen LogP contribution < -0.4 is 26.0 Å². The molecule has 3 saturated heterocycles. The highest BCUT2D eigenvalue weighted by molar-refractivity contribution is 7.10. The zero-order valence-electron chi connectivity index (χ0n) is 64.7. The van der Waals surface area contributed by atoms with Gasteiger partial charge in [0.15, 0.2) is 5.88 Å². The summed E-state index contributed by atoms with van der Waals surface area (Å²) in [4.78, 5) is 123. The summed E-state index contributed by atoms with van der Waals surface area (Å²) < 4.78 is 15.9. The van der Waals surface area contributed by atoms with Crippen LogP contribution in [0.3, 0.4) is 0 Å². The summed E-state index contributed by atoms with van der Waals surface area (Å²) in [6.07, 6.45) is 9.05. The van der Waals surface area contributed by atoms with Crippen LogP contribution in [0.25, 0.3) is 57.1 Å². The number of carboxylic acids is 3. The monoisotopic (exact) mass is 1600 g/mol. The summed E-state index contributed by atoms with van der Waals surface area (Å²) in [6, 6.07) is 17.7. The third-order valence-corrected chi connectivity index (χ3v) is 23.3. The number of nitrogens with one attached hydrogen (secondary N) is 7. The van der Waals surface area contributed by atoms with E-state index in [0.29, 0.717) is 118 Å². The molecule has 0 saturated carbocycles. The van der Waals surface area contributed by atoms with Crippen LogP contribution in [0.1, 0.15) is 206 Å². The van der Waals surface area contributed by atoms with Crippen LogP contribution in [0.5, 0.6) is 5.88 Å². The molecule has 590 valence electrons. The number of aromatic nitrogens is 6. The van der Waals surface area contributed by atoms with Gasteiger partial charge in [-0.3, -0.25) is 14.4 Å². The van der Waals surface area contributed by atoms with Crippen LogP contribution in [0.4, 0.5) is 26.7 Å². The number of likely N-dealkylation sites (tertiary alicyclic amines) is 2. The van der Waals surface area contributed by atoms with Crippen molar-refractivity contribution in [2.75, 3.05) is 62.3 Å². The predicted molar refractivity (Wildman–Crippen MR) is 438 cm³/mol. The molecular weight excluding hydrogens is 1510 g/mol. The van der Waals surface area contributed by atoms with Crippen LogP contribution in [-0.4, -0.2) is 160 Å². The van der Waals surface area contributed by atoms with Crippen molar-refractivity contribution in [2.24, 2.45) is 0 Å². The van der Waals surface area contributed by atoms with Crippen LogP contribution >= 0.6 is 46.4 Å². The van der Waals surface area contributed by atoms with Crippen LogP contribution in [0.15, 0.2) is 70.7 Å². The Labute approximate surface area is 666 Å². The van der Waals surface area contributed by atoms with Gasteiger partial charge in [-0.15, -0.1) is 46.4 Å². The number of aryl methyl sites for hydroxylation is 3. The number of halogens is 1. The molecule has 0 spiro atoms. The molecule has 10 N–H and O–H groups in total. The first-order chi connectivity index (χ1) is 52.7. The quantitative estimate of drug-likeness (QED) is 0.0508. The Kier molecular flexibility index (Phi) is 25.0. The molecule has 30 heteroatoms. The van der Waals surface area contributed by atoms with Gasteiger partial charge in [-0.05, 0) is 200 Å². The molecule has 12 heterocycles. The normalized spacial score (nSPS) is 16.3. The van der Waals surface area contributed by atoms with Crippen molar-refractivity contribution >= 4 is 135 Å². The predicted octanol–water partition coefficient (Wildman–Crippen LogP) is 16.7. The molecule has 0 radical (unpaired) electrons. The molecule has 0 aliphatic carbocycles. The van der Waals surface area contributed by atoms with Crippen LogP contribution in [0.2, 0.25) is 0 Å². The SMILES string of the molecule is CC(C)(C)OC(=O)N1CCC(c2nc(-c3ccc4c(c3)CC(=O)N4)cs2)CC1.COc1[nH]c(C)c(C(=O)O)c1C.Cc1[nH]c(/C=C2\C(=O)Nc3ccc(-c4csc(C5CCN(C(=O)OC(C)(C)C)CC5)n4)cc32)c(C)c1C(=O)O.Cc1[nH]c(/C=C2\C(=O)Nc3ccc(-c4csc(C5CCNCC5)n4)cc32)c(C)c1C(=O)O.Cl. The maximum Gasteiger partial charge on any atom is 0.410 e. The Hall–Kier alpha value is -10.7. The number of methoxy groups -OCH3 is 1. The third-order valence-electron chi connectivity index (χ3n) is 20.2. The average molecular weight is 1600 g/mol. The lowest BCUT2D eigenvalue weighted by molar-refractivity contribution is -0.115. The molecule has 26 nitrogen and oxygen atoms in total. The summed E-state index contributed by atoms with van der Waals surface area (Å²) in [5, 5.41) is 49.3. The smallest absolute Gasteiger partial charge is 0.410 e. The number of carboxylic acid groups (broad SMARTS) is 3. The van der Waals surface area contributed by atoms with Gasteiger partial charge in [-0.2, -0.15) is 0 Å². The number of aromatic carboxylic acids is 3. The second-order valence-electron chi connectivity index (χ2n) is 30.4. The van der Waals surface area contributed by atoms with Gasteiger partial charge in [0.1, 0.15) is 11.2 Å². The molecule has 112 heavy (non-hydrogen) atoms. The van der Waals surface area contributed by atoms with Gasteiger partial charge in [-0.1, -0.05) is 18.2 Å². The molecule has 6 aliphatic rings. The second-order valence-corrected chi connectivity index (χ2v) is 33.1. The van der Waals surface area contributed by atoms with E-state index in [1.165, 1.54) is 12.1 Å². The van der Waals surface area contributed by atoms with E-state index in [1.807, 2.05) is 95.5 Å². The number of amides is 5. The van der Waals surface area contributed by atoms with Crippen molar-refractivity contribution in [1.29, 1.82) is 0 Å². The molecule has 0 bridgehead atoms. The van der Waals surface area contributed by atoms with Crippen molar-refractivity contribution in [2.45, 2.75) is 157 Å². The van der Waals surface area contributed by atoms with Gasteiger partial charge in [-0.25, -0.2) is 38.9 Å². The van der Waals surface area contributed by atoms with Crippen molar-refractivity contribution in [3.8, 4) is 39.7 Å². The number of carbonyl (C=O) groups is 8. The highest BCUT2D eigenvalue weighted by Gasteiger charge is 2.34. The molecule has 3 aromatic carbocycles. The first kappa shape index (κ1) is 82.2. The number of anilines is 3. The van der Waals surface area contributed by atoms with Crippen molar-refractivity contribution in [1.82, 2.24) is 45.0 Å². The Morgan fingerprint density at radius 1 is 0.500 bits per heavy atom. The Bertz CT molecular complexity index is 5190. The fourth-order valence-corrected chi connectivity index (χ4v) is 17.5. The fourth-order valence-electron chi connectivity index (χ4n) is 14.5. The zero-order valence-corrected chi connectivity index (χ0v) is 68.0. The van der Waals surface area contributed by atoms with Crippen LogP contribution in [0, 0.1) is 41.5 Å². The number of hydrogen-bond donors (Lipinski definition) is 10.